The smallest absolute Gasteiger partial charge is 0.161 e. The fraction of sp³-hybridized carbons (Fsp3) is 0.581. The van der Waals surface area contributed by atoms with Gasteiger partial charge in [0.05, 0.1) is 104 Å². The Balaban J connectivity index is 1.35. The zero-order valence-corrected chi connectivity index (χ0v) is 89.0. The molecule has 0 saturated carbocycles. The lowest BCUT2D eigenvalue weighted by molar-refractivity contribution is 0.284. The summed E-state index contributed by atoms with van der Waals surface area (Å²) in [5, 5.41) is 0. The molecular weight excluding hydrogens is 1740 g/mol. The van der Waals surface area contributed by atoms with E-state index < -0.39 is 0 Å². The number of aliphatic imine (C=N–C) groups is 4. The normalized spacial score (nSPS) is 12.1. The van der Waals surface area contributed by atoms with Crippen LogP contribution in [0.4, 0.5) is 22.7 Å². The number of rotatable bonds is 76. The van der Waals surface area contributed by atoms with Crippen molar-refractivity contribution in [3.63, 3.8) is 0 Å². The molecule has 1 aliphatic carbocycles. The van der Waals surface area contributed by atoms with Crippen LogP contribution in [0.1, 0.15) is 430 Å². The van der Waals surface area contributed by atoms with Gasteiger partial charge in [-0.15, -0.1) is 0 Å². The van der Waals surface area contributed by atoms with Gasteiger partial charge in [0, 0.05) is 95.0 Å². The van der Waals surface area contributed by atoms with Gasteiger partial charge in [0.2, 0.25) is 0 Å². The van der Waals surface area contributed by atoms with Gasteiger partial charge in [-0.25, -0.2) is 0 Å². The Bertz CT molecular complexity index is 4200. The topological polar surface area (TPSA) is 160 Å². The fourth-order valence-corrected chi connectivity index (χ4v) is 18.5. The number of hydrogen-bond acceptors (Lipinski definition) is 16. The van der Waals surface area contributed by atoms with E-state index in [-0.39, 0.29) is 0 Å². The Morgan fingerprint density at radius 1 is 0.179 bits per heavy atom. The summed E-state index contributed by atoms with van der Waals surface area (Å²) >= 11 is 0. The molecule has 0 aromatic heterocycles. The molecule has 0 aliphatic heterocycles. The molecule has 16 heteroatoms. The summed E-state index contributed by atoms with van der Waals surface area (Å²) in [5.74, 6) is 8.80. The summed E-state index contributed by atoms with van der Waals surface area (Å²) < 4.78 is 80.8. The number of fused-ring (bicyclic) bond motifs is 8. The number of nitrogens with zero attached hydrogens (tertiary/aromatic N) is 4. The number of methoxy groups -OCH3 is 4. The molecule has 0 heterocycles. The average molecular weight is 1920 g/mol. The standard InChI is InChI=1S/C124H180N4O12/c1-13-21-29-37-45-53-69-133-113-65-61-97(77-117(113)129-9)93-125-109-85-101-81-103-87-110(126-94-98-62-66-114(118(78-98)130-10)134-70-54-46-38-30-22-14-2)89-105(122(103)138-74-58-50-42-34-26-18-6)83-107-91-112(128-96-100-64-68-116(120(80-100)132-12)136-72-56-48-40-32-24-16-4)92-108(124(107)140-76-60-52-44-36-28-20-8)84-106-90-111(127-95-99-63-67-115(119(79-99)131-11)135-71-55-47-39-31-23-15-3)88-104(123(106)139-75-59-51-43-35-27-19-7)82-102(86-109)121(101)137-73-57-49-41-33-25-17-5/h61-68,77-80,85-96H,13-60,69-76,81-84H2,1-12H3. The van der Waals surface area contributed by atoms with E-state index in [1.54, 1.807) is 28.4 Å². The Hall–Kier alpha value is -9.96. The molecule has 16 nitrogen and oxygen atoms in total. The molecule has 140 heavy (non-hydrogen) atoms. The fourth-order valence-electron chi connectivity index (χ4n) is 18.5. The highest BCUT2D eigenvalue weighted by atomic mass is 16.5. The van der Waals surface area contributed by atoms with Gasteiger partial charge < -0.3 is 56.8 Å². The van der Waals surface area contributed by atoms with E-state index in [2.05, 4.69) is 128 Å². The number of benzene rings is 8. The van der Waals surface area contributed by atoms with Crippen molar-refractivity contribution in [1.82, 2.24) is 0 Å². The molecule has 0 fully saturated rings. The zero-order chi connectivity index (χ0) is 98.9. The first kappa shape index (κ1) is 114. The van der Waals surface area contributed by atoms with E-state index >= 15 is 0 Å². The van der Waals surface area contributed by atoms with E-state index in [0.717, 1.165) is 264 Å². The molecule has 0 saturated heterocycles. The molecule has 0 unspecified atom stereocenters. The summed E-state index contributed by atoms with van der Waals surface area (Å²) in [6.07, 6.45) is 64.3. The minimum absolute atomic E-state index is 0.397. The first-order chi connectivity index (χ1) is 69.0. The summed E-state index contributed by atoms with van der Waals surface area (Å²) in [6, 6.07) is 42.6. The van der Waals surface area contributed by atoms with Crippen molar-refractivity contribution in [2.24, 2.45) is 20.0 Å². The van der Waals surface area contributed by atoms with E-state index in [1.165, 1.54) is 180 Å². The number of hydrogen-bond donors (Lipinski definition) is 0. The van der Waals surface area contributed by atoms with Crippen molar-refractivity contribution in [2.75, 3.05) is 81.3 Å². The first-order valence-corrected chi connectivity index (χ1v) is 55.5. The van der Waals surface area contributed by atoms with Crippen LogP contribution in [0.25, 0.3) is 0 Å². The molecule has 0 N–H and O–H groups in total. The minimum Gasteiger partial charge on any atom is -0.493 e. The van der Waals surface area contributed by atoms with Crippen LogP contribution in [0.15, 0.2) is 141 Å². The molecular formula is C124H180N4O12. The van der Waals surface area contributed by atoms with Crippen molar-refractivity contribution >= 4 is 47.6 Å². The molecule has 768 valence electrons. The van der Waals surface area contributed by atoms with Gasteiger partial charge in [-0.2, -0.15) is 0 Å². The highest BCUT2D eigenvalue weighted by Crippen LogP contribution is 2.46. The lowest BCUT2D eigenvalue weighted by Crippen LogP contribution is -2.11. The average Bonchev–Trinajstić information content (AvgIpc) is 0.750. The quantitative estimate of drug-likeness (QED) is 0.0263. The van der Waals surface area contributed by atoms with Gasteiger partial charge in [0.25, 0.3) is 0 Å². The van der Waals surface area contributed by atoms with E-state index in [1.807, 2.05) is 73.4 Å². The second kappa shape index (κ2) is 69.8. The third-order valence-corrected chi connectivity index (χ3v) is 26.6. The van der Waals surface area contributed by atoms with E-state index in [0.29, 0.717) is 102 Å². The lowest BCUT2D eigenvalue weighted by Gasteiger charge is -2.24. The Kier molecular flexibility index (Phi) is 56.7. The highest BCUT2D eigenvalue weighted by molar-refractivity contribution is 5.86. The zero-order valence-electron chi connectivity index (χ0n) is 89.0. The molecule has 9 rings (SSSR count). The van der Waals surface area contributed by atoms with Crippen molar-refractivity contribution in [3.8, 4) is 69.0 Å². The second-order valence-corrected chi connectivity index (χ2v) is 38.7. The molecule has 8 aromatic rings. The van der Waals surface area contributed by atoms with Gasteiger partial charge in [-0.05, 0) is 195 Å². The van der Waals surface area contributed by atoms with Crippen LogP contribution in [0, 0.1) is 0 Å². The van der Waals surface area contributed by atoms with Crippen molar-refractivity contribution < 1.29 is 56.8 Å². The summed E-state index contributed by atoms with van der Waals surface area (Å²) in [6.45, 7) is 22.7. The summed E-state index contributed by atoms with van der Waals surface area (Å²) in [5.41, 5.74) is 14.3. The first-order valence-electron chi connectivity index (χ1n) is 55.5. The Labute approximate surface area is 847 Å². The highest BCUT2D eigenvalue weighted by Gasteiger charge is 2.27. The van der Waals surface area contributed by atoms with Crippen molar-refractivity contribution in [1.29, 1.82) is 0 Å². The lowest BCUT2D eigenvalue weighted by atomic mass is 9.90. The minimum atomic E-state index is 0.397. The SMILES string of the molecule is CCCCCCCCOc1ccc(C=Nc2cc3c(OCCCCCCCC)c(c2)Cc2cc(N=Cc4ccc(OCCCCCCCC)c(OC)c4)cc(c2OCCCCCCCC)Cc2cc(N=Cc4ccc(OCCCCCCCC)c(OC)c4)cc(c2OCCCCCCCC)Cc2cc(N=Cc4ccc(OCCCCCCCC)c(OC)c4)cc(c2OCCCCCCCC)C3)cc1OC. The van der Waals surface area contributed by atoms with Gasteiger partial charge in [-0.3, -0.25) is 20.0 Å². The maximum absolute atomic E-state index is 7.63. The molecule has 0 radical (unpaired) electrons. The Morgan fingerprint density at radius 3 is 0.486 bits per heavy atom. The summed E-state index contributed by atoms with van der Waals surface area (Å²) in [4.78, 5) is 22.2. The van der Waals surface area contributed by atoms with Crippen LogP contribution in [-0.2, 0) is 25.7 Å². The third kappa shape index (κ3) is 41.9. The number of ether oxygens (including phenoxy) is 12. The second-order valence-electron chi connectivity index (χ2n) is 38.7. The maximum atomic E-state index is 7.63. The van der Waals surface area contributed by atoms with Gasteiger partial charge in [-0.1, -0.05) is 312 Å². The van der Waals surface area contributed by atoms with E-state index in [4.69, 9.17) is 76.8 Å². The molecule has 8 bridgehead atoms. The van der Waals surface area contributed by atoms with Gasteiger partial charge >= 0.3 is 0 Å². The van der Waals surface area contributed by atoms with Crippen molar-refractivity contribution in [3.05, 3.63) is 188 Å². The van der Waals surface area contributed by atoms with Crippen LogP contribution >= 0.6 is 0 Å². The largest absolute Gasteiger partial charge is 0.493 e. The molecule has 1 aliphatic rings. The molecule has 0 amide bonds. The van der Waals surface area contributed by atoms with E-state index in [9.17, 15) is 0 Å². The predicted octanol–water partition coefficient (Wildman–Crippen LogP) is 35.3. The van der Waals surface area contributed by atoms with Gasteiger partial charge in [0.1, 0.15) is 23.0 Å². The van der Waals surface area contributed by atoms with Gasteiger partial charge in [0.15, 0.2) is 46.0 Å². The molecule has 8 aromatic carbocycles. The van der Waals surface area contributed by atoms with Crippen LogP contribution in [0.5, 0.6) is 69.0 Å². The third-order valence-electron chi connectivity index (χ3n) is 26.6. The predicted molar refractivity (Wildman–Crippen MR) is 589 cm³/mol. The van der Waals surface area contributed by atoms with Crippen LogP contribution < -0.4 is 56.8 Å². The molecule has 0 atom stereocenters. The van der Waals surface area contributed by atoms with Crippen LogP contribution in [0.2, 0.25) is 0 Å². The van der Waals surface area contributed by atoms with Crippen LogP contribution in [-0.4, -0.2) is 106 Å². The van der Waals surface area contributed by atoms with Crippen LogP contribution in [0.3, 0.4) is 0 Å². The summed E-state index contributed by atoms with van der Waals surface area (Å²) in [7, 11) is 6.88. The Morgan fingerprint density at radius 2 is 0.329 bits per heavy atom. The monoisotopic (exact) mass is 1920 g/mol. The number of unbranched alkanes of at least 4 members (excludes halogenated alkanes) is 40. The molecule has 0 spiro atoms. The maximum Gasteiger partial charge on any atom is 0.161 e. The van der Waals surface area contributed by atoms with Crippen molar-refractivity contribution in [2.45, 2.75) is 389 Å².